The van der Waals surface area contributed by atoms with E-state index >= 15 is 0 Å². The fraction of sp³-hybridized carbons (Fsp3) is 0.214. The number of nitrogens with zero attached hydrogens (tertiary/aromatic N) is 3. The van der Waals surface area contributed by atoms with Crippen LogP contribution in [0.15, 0.2) is 40.1 Å². The molecule has 0 aliphatic rings. The number of thioether (sulfide) groups is 1. The first-order chi connectivity index (χ1) is 10.5. The van der Waals surface area contributed by atoms with Crippen LogP contribution in [0.3, 0.4) is 0 Å². The predicted octanol–water partition coefficient (Wildman–Crippen LogP) is 2.75. The summed E-state index contributed by atoms with van der Waals surface area (Å²) in [6, 6.07) is 6.94. The lowest BCUT2D eigenvalue weighted by atomic mass is 10.2. The molecule has 6 nitrogen and oxygen atoms in total. The quantitative estimate of drug-likeness (QED) is 0.487. The number of ether oxygens (including phenoxy) is 1. The van der Waals surface area contributed by atoms with E-state index in [2.05, 4.69) is 31.3 Å². The molecular weight excluding hydrogens is 368 g/mol. The van der Waals surface area contributed by atoms with Gasteiger partial charge in [0.25, 0.3) is 5.91 Å². The van der Waals surface area contributed by atoms with Gasteiger partial charge in [-0.05, 0) is 40.4 Å². The van der Waals surface area contributed by atoms with Crippen LogP contribution in [-0.4, -0.2) is 36.3 Å². The number of aromatic nitrogens is 2. The maximum atomic E-state index is 12.3. The number of carbonyl (C=O) groups is 1. The average Bonchev–Trinajstić information content (AvgIpc) is 2.55. The fourth-order valence-electron chi connectivity index (χ4n) is 1.71. The minimum Gasteiger partial charge on any atom is -0.497 e. The first kappa shape index (κ1) is 16.6. The monoisotopic (exact) mass is 382 g/mol. The highest BCUT2D eigenvalue weighted by Gasteiger charge is 2.14. The number of hydrogen-bond acceptors (Lipinski definition) is 6. The van der Waals surface area contributed by atoms with Gasteiger partial charge in [0.1, 0.15) is 5.75 Å². The second-order valence-corrected chi connectivity index (χ2v) is 5.89. The normalized spacial score (nSPS) is 10.2. The number of anilines is 1. The van der Waals surface area contributed by atoms with Crippen molar-refractivity contribution in [3.63, 3.8) is 0 Å². The molecule has 1 N–H and O–H groups in total. The van der Waals surface area contributed by atoms with Gasteiger partial charge in [-0.2, -0.15) is 0 Å². The van der Waals surface area contributed by atoms with Crippen LogP contribution >= 0.6 is 27.7 Å². The Labute approximate surface area is 141 Å². The number of methoxy groups -OCH3 is 1. The van der Waals surface area contributed by atoms with Gasteiger partial charge in [-0.1, -0.05) is 17.8 Å². The number of hydrazine groups is 1. The molecule has 0 spiro atoms. The van der Waals surface area contributed by atoms with E-state index in [1.807, 2.05) is 6.26 Å². The van der Waals surface area contributed by atoms with E-state index in [0.29, 0.717) is 26.8 Å². The van der Waals surface area contributed by atoms with Crippen LogP contribution in [0.5, 0.6) is 5.75 Å². The molecule has 116 valence electrons. The summed E-state index contributed by atoms with van der Waals surface area (Å²) in [4.78, 5) is 20.8. The summed E-state index contributed by atoms with van der Waals surface area (Å²) in [5.74, 6) is 0.955. The Balaban J connectivity index is 2.17. The van der Waals surface area contributed by atoms with Crippen molar-refractivity contribution in [2.75, 3.05) is 25.4 Å². The zero-order valence-electron chi connectivity index (χ0n) is 12.3. The van der Waals surface area contributed by atoms with Crippen LogP contribution in [0, 0.1) is 0 Å². The molecule has 0 fully saturated rings. The second kappa shape index (κ2) is 7.46. The van der Waals surface area contributed by atoms with Gasteiger partial charge in [0.2, 0.25) is 0 Å². The molecule has 0 aliphatic carbocycles. The highest BCUT2D eigenvalue weighted by molar-refractivity contribution is 9.10. The van der Waals surface area contributed by atoms with E-state index in [1.165, 1.54) is 11.8 Å². The van der Waals surface area contributed by atoms with Crippen molar-refractivity contribution in [3.05, 3.63) is 40.5 Å². The number of benzene rings is 1. The molecule has 22 heavy (non-hydrogen) atoms. The molecule has 0 unspecified atom stereocenters. The van der Waals surface area contributed by atoms with Crippen LogP contribution in [0.25, 0.3) is 0 Å². The summed E-state index contributed by atoms with van der Waals surface area (Å²) < 4.78 is 5.81. The lowest BCUT2D eigenvalue weighted by Gasteiger charge is -2.20. The van der Waals surface area contributed by atoms with Crippen LogP contribution < -0.4 is 15.2 Å². The predicted molar refractivity (Wildman–Crippen MR) is 90.4 cm³/mol. The second-order valence-electron chi connectivity index (χ2n) is 4.26. The average molecular weight is 383 g/mol. The van der Waals surface area contributed by atoms with Crippen LogP contribution in [0.2, 0.25) is 0 Å². The van der Waals surface area contributed by atoms with E-state index in [-0.39, 0.29) is 5.91 Å². The van der Waals surface area contributed by atoms with Crippen molar-refractivity contribution in [2.24, 2.45) is 0 Å². The summed E-state index contributed by atoms with van der Waals surface area (Å²) in [5.41, 5.74) is 3.27. The largest absolute Gasteiger partial charge is 0.497 e. The van der Waals surface area contributed by atoms with Crippen molar-refractivity contribution < 1.29 is 9.53 Å². The summed E-state index contributed by atoms with van der Waals surface area (Å²) >= 11 is 4.81. The smallest absolute Gasteiger partial charge is 0.269 e. The molecule has 0 saturated carbocycles. The highest BCUT2D eigenvalue weighted by Crippen LogP contribution is 2.23. The minimum atomic E-state index is -0.252. The first-order valence-electron chi connectivity index (χ1n) is 6.30. The Morgan fingerprint density at radius 1 is 1.45 bits per heavy atom. The summed E-state index contributed by atoms with van der Waals surface area (Å²) in [6.07, 6.45) is 3.55. The minimum absolute atomic E-state index is 0.252. The van der Waals surface area contributed by atoms with Crippen LogP contribution in [0.1, 0.15) is 10.4 Å². The van der Waals surface area contributed by atoms with Crippen molar-refractivity contribution in [1.29, 1.82) is 0 Å². The van der Waals surface area contributed by atoms with Gasteiger partial charge in [0.05, 0.1) is 11.6 Å². The van der Waals surface area contributed by atoms with Gasteiger partial charge >= 0.3 is 0 Å². The van der Waals surface area contributed by atoms with Crippen molar-refractivity contribution in [2.45, 2.75) is 5.16 Å². The number of rotatable bonds is 5. The van der Waals surface area contributed by atoms with Gasteiger partial charge in [-0.25, -0.2) is 9.97 Å². The molecule has 2 aromatic rings. The topological polar surface area (TPSA) is 67.3 Å². The molecule has 0 aliphatic heterocycles. The Bertz CT molecular complexity index is 684. The molecule has 0 bridgehead atoms. The summed E-state index contributed by atoms with van der Waals surface area (Å²) in [7, 11) is 3.28. The van der Waals surface area contributed by atoms with E-state index in [0.717, 1.165) is 0 Å². The van der Waals surface area contributed by atoms with E-state index in [1.54, 1.807) is 49.6 Å². The zero-order chi connectivity index (χ0) is 16.1. The fourth-order valence-corrected chi connectivity index (χ4v) is 2.50. The van der Waals surface area contributed by atoms with Crippen molar-refractivity contribution >= 4 is 39.4 Å². The standard InChI is InChI=1S/C14H15BrN4O2S/c1-19(12-11(15)8-16-14(17-12)22-3)18-13(20)9-5-4-6-10(7-9)21-2/h4-8H,1-3H3,(H,18,20). The highest BCUT2D eigenvalue weighted by atomic mass is 79.9. The Hall–Kier alpha value is -1.80. The molecule has 2 rings (SSSR count). The third-order valence-corrected chi connectivity index (χ3v) is 3.93. The summed E-state index contributed by atoms with van der Waals surface area (Å²) in [5, 5.41) is 2.17. The molecule has 1 aromatic carbocycles. The van der Waals surface area contributed by atoms with E-state index in [4.69, 9.17) is 4.74 Å². The van der Waals surface area contributed by atoms with Gasteiger partial charge < -0.3 is 4.74 Å². The third-order valence-electron chi connectivity index (χ3n) is 2.80. The number of carbonyl (C=O) groups excluding carboxylic acids is 1. The van der Waals surface area contributed by atoms with Gasteiger partial charge in [0, 0.05) is 18.8 Å². The van der Waals surface area contributed by atoms with Gasteiger partial charge in [-0.15, -0.1) is 0 Å². The number of amides is 1. The lowest BCUT2D eigenvalue weighted by Crippen LogP contribution is -2.40. The summed E-state index contributed by atoms with van der Waals surface area (Å²) in [6.45, 7) is 0. The van der Waals surface area contributed by atoms with Gasteiger partial charge in [0.15, 0.2) is 11.0 Å². The maximum absolute atomic E-state index is 12.3. The number of halogens is 1. The third kappa shape index (κ3) is 3.89. The van der Waals surface area contributed by atoms with E-state index < -0.39 is 0 Å². The Kier molecular flexibility index (Phi) is 5.62. The molecule has 0 saturated heterocycles. The van der Waals surface area contributed by atoms with E-state index in [9.17, 15) is 4.79 Å². The molecule has 1 heterocycles. The zero-order valence-corrected chi connectivity index (χ0v) is 14.7. The number of nitrogens with one attached hydrogen (secondary N) is 1. The molecule has 0 radical (unpaired) electrons. The van der Waals surface area contributed by atoms with Crippen LogP contribution in [-0.2, 0) is 0 Å². The molecule has 1 aromatic heterocycles. The number of hydrogen-bond donors (Lipinski definition) is 1. The van der Waals surface area contributed by atoms with Crippen LogP contribution in [0.4, 0.5) is 5.82 Å². The Morgan fingerprint density at radius 3 is 2.91 bits per heavy atom. The first-order valence-corrected chi connectivity index (χ1v) is 8.32. The van der Waals surface area contributed by atoms with Crippen molar-refractivity contribution in [1.82, 2.24) is 15.4 Å². The molecular formula is C14H15BrN4O2S. The molecule has 1 amide bonds. The SMILES string of the molecule is COc1cccc(C(=O)NN(C)c2nc(SC)ncc2Br)c1. The maximum Gasteiger partial charge on any atom is 0.269 e. The molecule has 8 heteroatoms. The lowest BCUT2D eigenvalue weighted by molar-refractivity contribution is 0.0950. The van der Waals surface area contributed by atoms with Gasteiger partial charge in [-0.3, -0.25) is 15.2 Å². The molecule has 0 atom stereocenters. The Morgan fingerprint density at radius 2 is 2.23 bits per heavy atom. The van der Waals surface area contributed by atoms with Crippen molar-refractivity contribution in [3.8, 4) is 5.75 Å².